The highest BCUT2D eigenvalue weighted by Gasteiger charge is 2.35. The minimum absolute atomic E-state index is 0.0463. The van der Waals surface area contributed by atoms with Crippen LogP contribution < -0.4 is 4.74 Å². The number of hydrogen-bond acceptors (Lipinski definition) is 6. The maximum absolute atomic E-state index is 15.3. The van der Waals surface area contributed by atoms with Gasteiger partial charge in [0.2, 0.25) is 0 Å². The van der Waals surface area contributed by atoms with Gasteiger partial charge >= 0.3 is 6.61 Å². The summed E-state index contributed by atoms with van der Waals surface area (Å²) >= 11 is 0. The highest BCUT2D eigenvalue weighted by atomic mass is 19.3. The maximum atomic E-state index is 15.3. The van der Waals surface area contributed by atoms with Crippen LogP contribution in [0.5, 0.6) is 5.75 Å². The van der Waals surface area contributed by atoms with Crippen LogP contribution in [0.1, 0.15) is 53.6 Å². The molecule has 2 aliphatic heterocycles. The lowest BCUT2D eigenvalue weighted by atomic mass is 9.95. The molecule has 0 saturated carbocycles. The first kappa shape index (κ1) is 23.9. The summed E-state index contributed by atoms with van der Waals surface area (Å²) in [5.41, 5.74) is 3.15. The lowest BCUT2D eigenvalue weighted by molar-refractivity contribution is -0.0548. The van der Waals surface area contributed by atoms with Crippen molar-refractivity contribution in [2.75, 3.05) is 19.8 Å². The summed E-state index contributed by atoms with van der Waals surface area (Å²) in [5, 5.41) is 10.6. The molecule has 1 N–H and O–H groups in total. The summed E-state index contributed by atoms with van der Waals surface area (Å²) < 4.78 is 59.1. The third kappa shape index (κ3) is 4.45. The number of hydrogen-bond donors (Lipinski definition) is 1. The Morgan fingerprint density at radius 2 is 1.92 bits per heavy atom. The number of imidazole rings is 1. The van der Waals surface area contributed by atoms with Gasteiger partial charge < -0.3 is 19.3 Å². The molecule has 1 fully saturated rings. The fraction of sp³-hybridized carbons (Fsp3) is 0.333. The summed E-state index contributed by atoms with van der Waals surface area (Å²) in [6, 6.07) is 11.3. The monoisotopic (exact) mass is 511 g/mol. The van der Waals surface area contributed by atoms with Crippen LogP contribution in [0.15, 0.2) is 54.9 Å². The second-order valence-corrected chi connectivity index (χ2v) is 9.15. The number of halogens is 3. The van der Waals surface area contributed by atoms with Gasteiger partial charge in [0.25, 0.3) is 0 Å². The van der Waals surface area contributed by atoms with Crippen molar-refractivity contribution in [2.45, 2.75) is 37.6 Å². The molecule has 10 heteroatoms. The van der Waals surface area contributed by atoms with Crippen LogP contribution in [0.4, 0.5) is 13.2 Å². The Hall–Kier alpha value is -3.47. The average molecular weight is 512 g/mol. The molecule has 2 aliphatic rings. The van der Waals surface area contributed by atoms with E-state index in [4.69, 9.17) is 14.2 Å². The predicted octanol–water partition coefficient (Wildman–Crippen LogP) is 5.18. The predicted molar refractivity (Wildman–Crippen MR) is 127 cm³/mol. The van der Waals surface area contributed by atoms with E-state index in [9.17, 15) is 13.9 Å². The fourth-order valence-corrected chi connectivity index (χ4v) is 5.10. The standard InChI is InChI=1S/C27H24F3N3O4/c28-19-11-23-32-24-21(34)14-36-26(17-3-1-2-4-22(17)37-27(29)30)25(24)33(23)13-18(19)16-5-6-20(31-12-16)15-7-9-35-10-8-15/h1-6,11-13,15,21,26-27,34H,7-10,14H2/t21-,26+/m1/s1. The van der Waals surface area contributed by atoms with E-state index < -0.39 is 24.6 Å². The van der Waals surface area contributed by atoms with Crippen LogP contribution in [0.3, 0.4) is 0 Å². The molecule has 7 nitrogen and oxygen atoms in total. The maximum Gasteiger partial charge on any atom is 0.387 e. The van der Waals surface area contributed by atoms with Gasteiger partial charge in [-0.25, -0.2) is 9.37 Å². The van der Waals surface area contributed by atoms with E-state index in [0.717, 1.165) is 18.5 Å². The van der Waals surface area contributed by atoms with Gasteiger partial charge in [-0.15, -0.1) is 0 Å². The number of pyridine rings is 2. The second-order valence-electron chi connectivity index (χ2n) is 9.15. The zero-order valence-corrected chi connectivity index (χ0v) is 19.7. The molecule has 0 radical (unpaired) electrons. The van der Waals surface area contributed by atoms with Crippen LogP contribution in [0.25, 0.3) is 16.8 Å². The lowest BCUT2D eigenvalue weighted by Crippen LogP contribution is -2.23. The van der Waals surface area contributed by atoms with Crippen molar-refractivity contribution in [3.8, 4) is 16.9 Å². The molecule has 0 unspecified atom stereocenters. The number of aromatic nitrogens is 3. The molecule has 0 aliphatic carbocycles. The highest BCUT2D eigenvalue weighted by Crippen LogP contribution is 2.41. The molecular weight excluding hydrogens is 487 g/mol. The Morgan fingerprint density at radius 3 is 2.68 bits per heavy atom. The molecule has 4 aromatic rings. The zero-order chi connectivity index (χ0) is 25.5. The summed E-state index contributed by atoms with van der Waals surface area (Å²) in [4.78, 5) is 9.04. The van der Waals surface area contributed by atoms with Gasteiger partial charge in [0.15, 0.2) is 0 Å². The van der Waals surface area contributed by atoms with Crippen molar-refractivity contribution < 1.29 is 32.5 Å². The summed E-state index contributed by atoms with van der Waals surface area (Å²) in [5.74, 6) is -0.232. The number of nitrogens with zero attached hydrogens (tertiary/aromatic N) is 3. The van der Waals surface area contributed by atoms with Gasteiger partial charge in [-0.3, -0.25) is 9.38 Å². The van der Waals surface area contributed by atoms with Crippen LogP contribution in [0, 0.1) is 5.82 Å². The number of aliphatic hydroxyl groups excluding tert-OH is 1. The topological polar surface area (TPSA) is 78.1 Å². The number of aliphatic hydroxyl groups is 1. The first-order valence-corrected chi connectivity index (χ1v) is 12.1. The van der Waals surface area contributed by atoms with E-state index in [1.54, 1.807) is 35.0 Å². The Bertz CT molecular complexity index is 1420. The van der Waals surface area contributed by atoms with Crippen molar-refractivity contribution in [1.29, 1.82) is 0 Å². The zero-order valence-electron chi connectivity index (χ0n) is 19.7. The van der Waals surface area contributed by atoms with Crippen LogP contribution in [-0.4, -0.2) is 45.9 Å². The first-order chi connectivity index (χ1) is 18.0. The van der Waals surface area contributed by atoms with Crippen molar-refractivity contribution in [3.63, 3.8) is 0 Å². The molecule has 3 aromatic heterocycles. The molecule has 0 amide bonds. The first-order valence-electron chi connectivity index (χ1n) is 12.1. The Balaban J connectivity index is 1.44. The number of ether oxygens (including phenoxy) is 3. The van der Waals surface area contributed by atoms with E-state index in [2.05, 4.69) is 9.97 Å². The van der Waals surface area contributed by atoms with Crippen LogP contribution >= 0.6 is 0 Å². The molecule has 0 spiro atoms. The minimum Gasteiger partial charge on any atom is -0.434 e. The fourth-order valence-electron chi connectivity index (χ4n) is 5.10. The minimum atomic E-state index is -3.02. The van der Waals surface area contributed by atoms with Crippen LogP contribution in [-0.2, 0) is 9.47 Å². The van der Waals surface area contributed by atoms with Crippen molar-refractivity contribution in [2.24, 2.45) is 0 Å². The third-order valence-electron chi connectivity index (χ3n) is 6.91. The molecule has 192 valence electrons. The average Bonchev–Trinajstić information content (AvgIpc) is 3.28. The summed E-state index contributed by atoms with van der Waals surface area (Å²) in [6.45, 7) is -1.72. The molecule has 0 bridgehead atoms. The van der Waals surface area contributed by atoms with Gasteiger partial charge in [-0.2, -0.15) is 8.78 Å². The molecule has 1 saturated heterocycles. The molecule has 1 aromatic carbocycles. The van der Waals surface area contributed by atoms with Gasteiger partial charge in [0.05, 0.1) is 18.0 Å². The number of rotatable bonds is 5. The Kier molecular flexibility index (Phi) is 6.31. The number of alkyl halides is 2. The molecule has 37 heavy (non-hydrogen) atoms. The summed E-state index contributed by atoms with van der Waals surface area (Å²) in [7, 11) is 0. The van der Waals surface area contributed by atoms with E-state index in [1.807, 2.05) is 12.1 Å². The number of para-hydroxylation sites is 1. The SMILES string of the molecule is O[C@@H]1CO[C@@H](c2ccccc2OC(F)F)c2c1nc1cc(F)c(-c3ccc(C4CCOCC4)nc3)cn21. The van der Waals surface area contributed by atoms with Crippen molar-refractivity contribution in [3.05, 3.63) is 83.3 Å². The van der Waals surface area contributed by atoms with Crippen molar-refractivity contribution >= 4 is 5.65 Å². The van der Waals surface area contributed by atoms with Crippen molar-refractivity contribution in [1.82, 2.24) is 14.4 Å². The normalized spacial score (nSPS) is 20.4. The quantitative estimate of drug-likeness (QED) is 0.398. The number of fused-ring (bicyclic) bond motifs is 3. The highest BCUT2D eigenvalue weighted by molar-refractivity contribution is 5.66. The molecule has 5 heterocycles. The van der Waals surface area contributed by atoms with E-state index >= 15 is 4.39 Å². The molecular formula is C27H24F3N3O4. The smallest absolute Gasteiger partial charge is 0.387 e. The Labute approximate surface area is 210 Å². The third-order valence-corrected chi connectivity index (χ3v) is 6.91. The van der Waals surface area contributed by atoms with Gasteiger partial charge in [0, 0.05) is 60.0 Å². The number of benzene rings is 1. The van der Waals surface area contributed by atoms with Gasteiger partial charge in [0.1, 0.15) is 29.4 Å². The largest absolute Gasteiger partial charge is 0.434 e. The lowest BCUT2D eigenvalue weighted by Gasteiger charge is -2.28. The summed E-state index contributed by atoms with van der Waals surface area (Å²) in [6.07, 6.45) is 3.10. The molecule has 2 atom stereocenters. The second kappa shape index (κ2) is 9.77. The van der Waals surface area contributed by atoms with Gasteiger partial charge in [-0.1, -0.05) is 24.3 Å². The van der Waals surface area contributed by atoms with Gasteiger partial charge in [-0.05, 0) is 25.0 Å². The van der Waals surface area contributed by atoms with E-state index in [0.29, 0.717) is 41.6 Å². The Morgan fingerprint density at radius 1 is 1.11 bits per heavy atom. The van der Waals surface area contributed by atoms with Crippen LogP contribution in [0.2, 0.25) is 0 Å². The molecule has 6 rings (SSSR count). The van der Waals surface area contributed by atoms with E-state index in [1.165, 1.54) is 12.1 Å². The van der Waals surface area contributed by atoms with E-state index in [-0.39, 0.29) is 23.6 Å².